The Bertz CT molecular complexity index is 819. The standard InChI is InChI=1S/C13H16N2O4S2/c1-4-11-5-7-12(8-6-11)20(16,17)13-9-15(3)21(18,19)14-10(13)2/h5-9H,4H2,1-3H3. The van der Waals surface area contributed by atoms with Crippen LogP contribution in [0.15, 0.2) is 44.7 Å². The highest BCUT2D eigenvalue weighted by Crippen LogP contribution is 2.25. The monoisotopic (exact) mass is 328 g/mol. The topological polar surface area (TPSA) is 83.9 Å². The van der Waals surface area contributed by atoms with Crippen molar-refractivity contribution in [2.24, 2.45) is 4.40 Å². The van der Waals surface area contributed by atoms with Crippen molar-refractivity contribution in [1.29, 1.82) is 0 Å². The quantitative estimate of drug-likeness (QED) is 0.842. The summed E-state index contributed by atoms with van der Waals surface area (Å²) in [6.45, 7) is 3.35. The molecule has 0 radical (unpaired) electrons. The van der Waals surface area contributed by atoms with Gasteiger partial charge in [0, 0.05) is 13.2 Å². The third-order valence-electron chi connectivity index (χ3n) is 3.20. The molecule has 0 saturated heterocycles. The summed E-state index contributed by atoms with van der Waals surface area (Å²) < 4.78 is 52.6. The molecule has 6 nitrogen and oxygen atoms in total. The molecule has 0 saturated carbocycles. The maximum absolute atomic E-state index is 12.6. The normalized spacial score (nSPS) is 18.1. The second-order valence-corrected chi connectivity index (χ2v) is 8.24. The van der Waals surface area contributed by atoms with Gasteiger partial charge in [-0.25, -0.2) is 8.42 Å². The molecule has 114 valence electrons. The first-order valence-corrected chi connectivity index (χ1v) is 9.17. The van der Waals surface area contributed by atoms with Gasteiger partial charge in [0.15, 0.2) is 0 Å². The minimum absolute atomic E-state index is 0.0346. The van der Waals surface area contributed by atoms with E-state index in [9.17, 15) is 16.8 Å². The number of allylic oxidation sites excluding steroid dienone is 1. The molecule has 2 rings (SSSR count). The molecule has 1 aromatic carbocycles. The predicted molar refractivity (Wildman–Crippen MR) is 80.9 cm³/mol. The number of hydrogen-bond acceptors (Lipinski definition) is 4. The Morgan fingerprint density at radius 3 is 2.29 bits per heavy atom. The van der Waals surface area contributed by atoms with E-state index in [0.29, 0.717) is 0 Å². The Morgan fingerprint density at radius 1 is 1.19 bits per heavy atom. The molecule has 8 heteroatoms. The Hall–Kier alpha value is -1.67. The number of aryl methyl sites for hydroxylation is 1. The summed E-state index contributed by atoms with van der Waals surface area (Å²) >= 11 is 0. The van der Waals surface area contributed by atoms with Crippen LogP contribution in [0.2, 0.25) is 0 Å². The molecule has 21 heavy (non-hydrogen) atoms. The van der Waals surface area contributed by atoms with E-state index < -0.39 is 20.0 Å². The van der Waals surface area contributed by atoms with Gasteiger partial charge < -0.3 is 0 Å². The smallest absolute Gasteiger partial charge is 0.261 e. The fraction of sp³-hybridized carbons (Fsp3) is 0.308. The van der Waals surface area contributed by atoms with Crippen molar-refractivity contribution in [2.75, 3.05) is 7.05 Å². The van der Waals surface area contributed by atoms with Gasteiger partial charge in [-0.15, -0.1) is 4.40 Å². The molecule has 0 N–H and O–H groups in total. The van der Waals surface area contributed by atoms with Gasteiger partial charge >= 0.3 is 10.2 Å². The molecule has 1 aliphatic heterocycles. The Kier molecular flexibility index (Phi) is 3.94. The highest BCUT2D eigenvalue weighted by Gasteiger charge is 2.30. The molecule has 0 aliphatic carbocycles. The minimum Gasteiger partial charge on any atom is -0.261 e. The van der Waals surface area contributed by atoms with Gasteiger partial charge in [-0.1, -0.05) is 19.1 Å². The molecule has 0 spiro atoms. The minimum atomic E-state index is -3.82. The lowest BCUT2D eigenvalue weighted by atomic mass is 10.2. The van der Waals surface area contributed by atoms with Crippen molar-refractivity contribution < 1.29 is 16.8 Å². The van der Waals surface area contributed by atoms with E-state index in [1.54, 1.807) is 12.1 Å². The number of hydrogen-bond donors (Lipinski definition) is 0. The van der Waals surface area contributed by atoms with Crippen molar-refractivity contribution in [3.8, 4) is 0 Å². The lowest BCUT2D eigenvalue weighted by Crippen LogP contribution is -2.28. The number of benzene rings is 1. The van der Waals surface area contributed by atoms with Crippen LogP contribution in [0.3, 0.4) is 0 Å². The van der Waals surface area contributed by atoms with E-state index in [0.717, 1.165) is 22.5 Å². The Labute approximate surface area is 124 Å². The highest BCUT2D eigenvalue weighted by molar-refractivity contribution is 7.96. The summed E-state index contributed by atoms with van der Waals surface area (Å²) in [7, 11) is -6.36. The van der Waals surface area contributed by atoms with Gasteiger partial charge in [-0.2, -0.15) is 8.42 Å². The Balaban J connectivity index is 2.52. The van der Waals surface area contributed by atoms with Crippen LogP contribution in [-0.2, 0) is 26.5 Å². The maximum atomic E-state index is 12.6. The lowest BCUT2D eigenvalue weighted by molar-refractivity contribution is 0.539. The molecule has 1 heterocycles. The molecule has 0 atom stereocenters. The first-order valence-electron chi connectivity index (χ1n) is 6.29. The van der Waals surface area contributed by atoms with Crippen LogP contribution in [0.5, 0.6) is 0 Å². The van der Waals surface area contributed by atoms with Gasteiger partial charge in [0.2, 0.25) is 9.84 Å². The van der Waals surface area contributed by atoms with Crippen LogP contribution in [0, 0.1) is 0 Å². The molecule has 1 aromatic rings. The summed E-state index contributed by atoms with van der Waals surface area (Å²) in [6.07, 6.45) is 1.89. The third kappa shape index (κ3) is 2.86. The third-order valence-corrected chi connectivity index (χ3v) is 6.41. The van der Waals surface area contributed by atoms with E-state index >= 15 is 0 Å². The number of rotatable bonds is 3. The van der Waals surface area contributed by atoms with E-state index in [2.05, 4.69) is 4.40 Å². The maximum Gasteiger partial charge on any atom is 0.344 e. The SMILES string of the molecule is CCc1ccc(S(=O)(=O)C2=CN(C)S(=O)(=O)N=C2C)cc1. The van der Waals surface area contributed by atoms with Crippen molar-refractivity contribution in [3.63, 3.8) is 0 Å². The van der Waals surface area contributed by atoms with Crippen LogP contribution in [-0.4, -0.2) is 33.9 Å². The molecular formula is C13H16N2O4S2. The van der Waals surface area contributed by atoms with E-state index in [4.69, 9.17) is 0 Å². The summed E-state index contributed by atoms with van der Waals surface area (Å²) in [4.78, 5) is 0.0114. The van der Waals surface area contributed by atoms with Crippen LogP contribution in [0.1, 0.15) is 19.4 Å². The molecular weight excluding hydrogens is 312 g/mol. The summed E-state index contributed by atoms with van der Waals surface area (Å²) in [5.41, 5.74) is 0.990. The van der Waals surface area contributed by atoms with Gasteiger partial charge in [0.25, 0.3) is 0 Å². The van der Waals surface area contributed by atoms with E-state index in [-0.39, 0.29) is 15.5 Å². The van der Waals surface area contributed by atoms with Crippen LogP contribution in [0.4, 0.5) is 0 Å². The first kappa shape index (κ1) is 15.7. The van der Waals surface area contributed by atoms with E-state index in [1.807, 2.05) is 6.92 Å². The average molecular weight is 328 g/mol. The van der Waals surface area contributed by atoms with Crippen LogP contribution in [0.25, 0.3) is 0 Å². The zero-order chi connectivity index (χ0) is 15.8. The van der Waals surface area contributed by atoms with E-state index in [1.165, 1.54) is 26.1 Å². The van der Waals surface area contributed by atoms with Crippen LogP contribution < -0.4 is 0 Å². The second kappa shape index (κ2) is 5.27. The first-order chi connectivity index (χ1) is 9.68. The zero-order valence-electron chi connectivity index (χ0n) is 11.9. The molecule has 1 aliphatic rings. The van der Waals surface area contributed by atoms with Crippen molar-refractivity contribution in [2.45, 2.75) is 25.2 Å². The van der Waals surface area contributed by atoms with Gasteiger partial charge in [-0.3, -0.25) is 4.31 Å². The zero-order valence-corrected chi connectivity index (χ0v) is 13.6. The summed E-state index contributed by atoms with van der Waals surface area (Å²) in [5, 5.41) is 0. The second-order valence-electron chi connectivity index (χ2n) is 4.67. The fourth-order valence-electron chi connectivity index (χ4n) is 1.90. The van der Waals surface area contributed by atoms with Crippen molar-refractivity contribution >= 4 is 25.8 Å². The Morgan fingerprint density at radius 2 is 1.76 bits per heavy atom. The predicted octanol–water partition coefficient (Wildman–Crippen LogP) is 1.52. The molecule has 0 aromatic heterocycles. The summed E-state index contributed by atoms with van der Waals surface area (Å²) in [5.74, 6) is 0. The molecule has 0 amide bonds. The van der Waals surface area contributed by atoms with Gasteiger partial charge in [0.1, 0.15) is 4.91 Å². The fourth-order valence-corrected chi connectivity index (χ4v) is 4.32. The van der Waals surface area contributed by atoms with Crippen molar-refractivity contribution in [3.05, 3.63) is 40.9 Å². The van der Waals surface area contributed by atoms with Crippen LogP contribution >= 0.6 is 0 Å². The molecule has 0 unspecified atom stereocenters. The van der Waals surface area contributed by atoms with Gasteiger partial charge in [-0.05, 0) is 31.0 Å². The average Bonchev–Trinajstić information content (AvgIpc) is 2.42. The number of nitrogens with zero attached hydrogens (tertiary/aromatic N) is 2. The lowest BCUT2D eigenvalue weighted by Gasteiger charge is -2.20. The summed E-state index contributed by atoms with van der Waals surface area (Å²) in [6, 6.07) is 6.52. The van der Waals surface area contributed by atoms with Crippen molar-refractivity contribution in [1.82, 2.24) is 4.31 Å². The largest absolute Gasteiger partial charge is 0.344 e. The molecule has 0 bridgehead atoms. The number of sulfone groups is 1. The van der Waals surface area contributed by atoms with Gasteiger partial charge in [0.05, 0.1) is 10.6 Å². The highest BCUT2D eigenvalue weighted by atomic mass is 32.2. The molecule has 0 fully saturated rings.